The summed E-state index contributed by atoms with van der Waals surface area (Å²) in [6.45, 7) is 6.93. The fourth-order valence-corrected chi connectivity index (χ4v) is 0.471. The van der Waals surface area contributed by atoms with Crippen molar-refractivity contribution in [2.75, 3.05) is 6.54 Å². The first kappa shape index (κ1) is 10.5. The maximum atomic E-state index is 11.0. The smallest absolute Gasteiger partial charge is 0.239 e. The quantitative estimate of drug-likeness (QED) is 0.662. The van der Waals surface area contributed by atoms with Gasteiger partial charge in [-0.2, -0.15) is 0 Å². The van der Waals surface area contributed by atoms with E-state index < -0.39 is 5.54 Å². The molecule has 0 bridgehead atoms. The van der Waals surface area contributed by atoms with E-state index in [1.165, 1.54) is 0 Å². The molecule has 0 spiro atoms. The van der Waals surface area contributed by atoms with Crippen LogP contribution in [0.25, 0.3) is 0 Å². The van der Waals surface area contributed by atoms with Gasteiger partial charge in [-0.3, -0.25) is 4.79 Å². The van der Waals surface area contributed by atoms with Crippen LogP contribution in [0.15, 0.2) is 11.6 Å². The van der Waals surface area contributed by atoms with Gasteiger partial charge in [-0.25, -0.2) is 0 Å². The maximum absolute atomic E-state index is 11.0. The Morgan fingerprint density at radius 3 is 2.45 bits per heavy atom. The van der Waals surface area contributed by atoms with Crippen molar-refractivity contribution in [2.45, 2.75) is 19.4 Å². The molecule has 0 aliphatic rings. The standard InChI is InChI=1S/C7H13ClN2O/c1-5(8)4-10-6(11)7(2,3)9/h1,4,9H2,2-3H3,(H,10,11). The molecule has 0 aliphatic carbocycles. The van der Waals surface area contributed by atoms with Gasteiger partial charge in [-0.1, -0.05) is 18.2 Å². The van der Waals surface area contributed by atoms with E-state index in [1.807, 2.05) is 0 Å². The molecule has 0 saturated heterocycles. The van der Waals surface area contributed by atoms with Crippen molar-refractivity contribution >= 4 is 17.5 Å². The van der Waals surface area contributed by atoms with Gasteiger partial charge in [-0.05, 0) is 13.8 Å². The lowest BCUT2D eigenvalue weighted by atomic mass is 10.1. The summed E-state index contributed by atoms with van der Waals surface area (Å²) < 4.78 is 0. The van der Waals surface area contributed by atoms with Crippen LogP contribution in [0, 0.1) is 0 Å². The van der Waals surface area contributed by atoms with Crippen molar-refractivity contribution in [3.63, 3.8) is 0 Å². The summed E-state index contributed by atoms with van der Waals surface area (Å²) in [5, 5.41) is 2.92. The van der Waals surface area contributed by atoms with Gasteiger partial charge in [0.1, 0.15) is 0 Å². The fourth-order valence-electron chi connectivity index (χ4n) is 0.404. The van der Waals surface area contributed by atoms with Gasteiger partial charge >= 0.3 is 0 Å². The Hall–Kier alpha value is -0.540. The van der Waals surface area contributed by atoms with Crippen LogP contribution >= 0.6 is 11.6 Å². The van der Waals surface area contributed by atoms with E-state index in [-0.39, 0.29) is 12.5 Å². The third kappa shape index (κ3) is 4.81. The van der Waals surface area contributed by atoms with Crippen LogP contribution in [-0.2, 0) is 4.79 Å². The lowest BCUT2D eigenvalue weighted by molar-refractivity contribution is -0.125. The summed E-state index contributed by atoms with van der Waals surface area (Å²) in [4.78, 5) is 11.0. The Balaban J connectivity index is 3.80. The van der Waals surface area contributed by atoms with Crippen LogP contribution in [-0.4, -0.2) is 18.0 Å². The SMILES string of the molecule is C=C(Cl)CNC(=O)C(C)(C)N. The normalized spacial score (nSPS) is 10.9. The minimum Gasteiger partial charge on any atom is -0.350 e. The van der Waals surface area contributed by atoms with E-state index >= 15 is 0 Å². The molecule has 0 aromatic heterocycles. The Kier molecular flexibility index (Phi) is 3.55. The molecule has 0 aromatic rings. The Bertz CT molecular complexity index is 172. The Labute approximate surface area is 71.6 Å². The number of amides is 1. The van der Waals surface area contributed by atoms with Crippen molar-refractivity contribution in [1.29, 1.82) is 0 Å². The summed E-state index contributed by atoms with van der Waals surface area (Å²) in [6.07, 6.45) is 0. The lowest BCUT2D eigenvalue weighted by Crippen LogP contribution is -2.49. The second-order valence-electron chi connectivity index (χ2n) is 2.92. The number of rotatable bonds is 3. The number of hydrogen-bond donors (Lipinski definition) is 2. The average Bonchev–Trinajstić information content (AvgIpc) is 1.80. The summed E-state index contributed by atoms with van der Waals surface area (Å²) in [5.41, 5.74) is 4.63. The predicted octanol–water partition coefficient (Wildman–Crippen LogP) is 0.592. The first-order valence-corrected chi connectivity index (χ1v) is 3.62. The van der Waals surface area contributed by atoms with Crippen LogP contribution < -0.4 is 11.1 Å². The molecule has 0 radical (unpaired) electrons. The maximum Gasteiger partial charge on any atom is 0.239 e. The molecule has 11 heavy (non-hydrogen) atoms. The van der Waals surface area contributed by atoms with Gasteiger partial charge in [0.05, 0.1) is 12.1 Å². The lowest BCUT2D eigenvalue weighted by Gasteiger charge is -2.17. The highest BCUT2D eigenvalue weighted by atomic mass is 35.5. The van der Waals surface area contributed by atoms with E-state index in [9.17, 15) is 4.79 Å². The molecule has 0 unspecified atom stereocenters. The summed E-state index contributed by atoms with van der Waals surface area (Å²) >= 11 is 5.42. The van der Waals surface area contributed by atoms with E-state index in [2.05, 4.69) is 11.9 Å². The van der Waals surface area contributed by atoms with Crippen molar-refractivity contribution < 1.29 is 4.79 Å². The number of carbonyl (C=O) groups is 1. The Morgan fingerprint density at radius 2 is 2.18 bits per heavy atom. The molecule has 0 aromatic carbocycles. The van der Waals surface area contributed by atoms with Crippen LogP contribution in [0.1, 0.15) is 13.8 Å². The number of halogens is 1. The summed E-state index contributed by atoms with van der Waals surface area (Å²) in [6, 6.07) is 0. The summed E-state index contributed by atoms with van der Waals surface area (Å²) in [7, 11) is 0. The van der Waals surface area contributed by atoms with E-state index in [0.717, 1.165) is 0 Å². The Morgan fingerprint density at radius 1 is 1.73 bits per heavy atom. The molecule has 0 saturated carbocycles. The third-order valence-electron chi connectivity index (χ3n) is 1.03. The third-order valence-corrected chi connectivity index (χ3v) is 1.16. The van der Waals surface area contributed by atoms with E-state index in [0.29, 0.717) is 5.03 Å². The molecule has 0 fully saturated rings. The van der Waals surface area contributed by atoms with Gasteiger partial charge < -0.3 is 11.1 Å². The summed E-state index contributed by atoms with van der Waals surface area (Å²) in [5.74, 6) is -0.237. The first-order valence-electron chi connectivity index (χ1n) is 3.24. The van der Waals surface area contributed by atoms with Gasteiger partial charge in [-0.15, -0.1) is 0 Å². The van der Waals surface area contributed by atoms with Crippen molar-refractivity contribution in [3.05, 3.63) is 11.6 Å². The van der Waals surface area contributed by atoms with Crippen LogP contribution in [0.5, 0.6) is 0 Å². The molecule has 1 amide bonds. The number of carbonyl (C=O) groups excluding carboxylic acids is 1. The van der Waals surface area contributed by atoms with Crippen LogP contribution in [0.3, 0.4) is 0 Å². The van der Waals surface area contributed by atoms with Gasteiger partial charge in [0.25, 0.3) is 0 Å². The largest absolute Gasteiger partial charge is 0.350 e. The average molecular weight is 177 g/mol. The predicted molar refractivity (Wildman–Crippen MR) is 46.3 cm³/mol. The molecule has 3 N–H and O–H groups in total. The van der Waals surface area contributed by atoms with Crippen LogP contribution in [0.2, 0.25) is 0 Å². The monoisotopic (exact) mass is 176 g/mol. The van der Waals surface area contributed by atoms with Crippen molar-refractivity contribution in [2.24, 2.45) is 5.73 Å². The molecule has 64 valence electrons. The van der Waals surface area contributed by atoms with Gasteiger partial charge in [0.15, 0.2) is 0 Å². The molecule has 0 rings (SSSR count). The molecule has 0 aliphatic heterocycles. The van der Waals surface area contributed by atoms with E-state index in [1.54, 1.807) is 13.8 Å². The molecule has 0 heterocycles. The fraction of sp³-hybridized carbons (Fsp3) is 0.571. The first-order chi connectivity index (χ1) is 4.84. The highest BCUT2D eigenvalue weighted by Gasteiger charge is 2.20. The highest BCUT2D eigenvalue weighted by molar-refractivity contribution is 6.29. The molecule has 4 heteroatoms. The van der Waals surface area contributed by atoms with Crippen molar-refractivity contribution in [3.8, 4) is 0 Å². The molecule has 3 nitrogen and oxygen atoms in total. The number of hydrogen-bond acceptors (Lipinski definition) is 2. The number of nitrogens with two attached hydrogens (primary N) is 1. The molecule has 0 atom stereocenters. The molecular weight excluding hydrogens is 164 g/mol. The zero-order chi connectivity index (χ0) is 9.07. The highest BCUT2D eigenvalue weighted by Crippen LogP contribution is 1.98. The minimum atomic E-state index is -0.855. The zero-order valence-corrected chi connectivity index (χ0v) is 7.53. The van der Waals surface area contributed by atoms with Crippen molar-refractivity contribution in [1.82, 2.24) is 5.32 Å². The number of nitrogens with one attached hydrogen (secondary N) is 1. The second-order valence-corrected chi connectivity index (χ2v) is 3.46. The topological polar surface area (TPSA) is 55.1 Å². The zero-order valence-electron chi connectivity index (χ0n) is 6.78. The van der Waals surface area contributed by atoms with Gasteiger partial charge in [0.2, 0.25) is 5.91 Å². The van der Waals surface area contributed by atoms with Gasteiger partial charge in [0, 0.05) is 5.03 Å². The second kappa shape index (κ2) is 3.74. The minimum absolute atomic E-state index is 0.237. The molecular formula is C7H13ClN2O. The van der Waals surface area contributed by atoms with E-state index in [4.69, 9.17) is 17.3 Å². The van der Waals surface area contributed by atoms with Crippen LogP contribution in [0.4, 0.5) is 0 Å².